The number of nitrogens with one attached hydrogen (secondary N) is 1. The van der Waals surface area contributed by atoms with Gasteiger partial charge in [0.2, 0.25) is 0 Å². The Bertz CT molecular complexity index is 1020. The summed E-state index contributed by atoms with van der Waals surface area (Å²) in [6.07, 6.45) is 1.89. The minimum Gasteiger partial charge on any atom is -0.342 e. The highest BCUT2D eigenvalue weighted by atomic mass is 32.1. The van der Waals surface area contributed by atoms with Gasteiger partial charge in [0.1, 0.15) is 4.83 Å². The van der Waals surface area contributed by atoms with E-state index in [-0.39, 0.29) is 11.9 Å². The highest BCUT2D eigenvalue weighted by molar-refractivity contribution is 7.20. The fraction of sp³-hybridized carbons (Fsp3) is 0.250. The van der Waals surface area contributed by atoms with Crippen LogP contribution in [0.5, 0.6) is 0 Å². The van der Waals surface area contributed by atoms with Crippen LogP contribution in [0.2, 0.25) is 0 Å². The van der Waals surface area contributed by atoms with Gasteiger partial charge >= 0.3 is 0 Å². The third kappa shape index (κ3) is 2.26. The number of aromatic nitrogens is 5. The van der Waals surface area contributed by atoms with Gasteiger partial charge in [-0.2, -0.15) is 5.10 Å². The molecule has 0 saturated carbocycles. The van der Waals surface area contributed by atoms with Crippen LogP contribution in [0.1, 0.15) is 34.2 Å². The van der Waals surface area contributed by atoms with Crippen LogP contribution >= 0.6 is 11.3 Å². The summed E-state index contributed by atoms with van der Waals surface area (Å²) in [4.78, 5) is 14.3. The average molecular weight is 340 g/mol. The molecule has 0 radical (unpaired) electrons. The van der Waals surface area contributed by atoms with E-state index >= 15 is 0 Å². The molecular formula is C16H16N6OS. The number of nitrogens with zero attached hydrogens (tertiary/aromatic N) is 5. The fourth-order valence-corrected chi connectivity index (χ4v) is 3.83. The van der Waals surface area contributed by atoms with Crippen molar-refractivity contribution in [3.05, 3.63) is 46.9 Å². The lowest BCUT2D eigenvalue weighted by molar-refractivity contribution is 0.0942. The molecule has 1 amide bonds. The maximum atomic E-state index is 12.6. The molecule has 0 saturated heterocycles. The SMILES string of the molecule is Cc1nn(C)c2sc(C(=O)NC(C)c3nnc4ccccn34)cc12. The van der Waals surface area contributed by atoms with Crippen molar-refractivity contribution in [2.45, 2.75) is 19.9 Å². The zero-order chi connectivity index (χ0) is 16.8. The molecule has 0 aliphatic carbocycles. The molecule has 0 aliphatic heterocycles. The molecule has 7 nitrogen and oxygen atoms in total. The minimum atomic E-state index is -0.251. The van der Waals surface area contributed by atoms with Crippen molar-refractivity contribution >= 4 is 33.1 Å². The van der Waals surface area contributed by atoms with E-state index in [0.717, 1.165) is 21.6 Å². The number of aryl methyl sites for hydroxylation is 2. The Morgan fingerprint density at radius 1 is 1.33 bits per heavy atom. The molecule has 0 aliphatic rings. The van der Waals surface area contributed by atoms with Crippen LogP contribution in [0, 0.1) is 6.92 Å². The Morgan fingerprint density at radius 2 is 2.17 bits per heavy atom. The molecule has 8 heteroatoms. The van der Waals surface area contributed by atoms with Crippen molar-refractivity contribution in [1.82, 2.24) is 29.7 Å². The number of rotatable bonds is 3. The van der Waals surface area contributed by atoms with Crippen molar-refractivity contribution < 1.29 is 4.79 Å². The normalized spacial score (nSPS) is 12.8. The van der Waals surface area contributed by atoms with E-state index in [9.17, 15) is 4.79 Å². The van der Waals surface area contributed by atoms with E-state index in [0.29, 0.717) is 10.7 Å². The maximum absolute atomic E-state index is 12.6. The number of amides is 1. The quantitative estimate of drug-likeness (QED) is 0.621. The Kier molecular flexibility index (Phi) is 3.34. The summed E-state index contributed by atoms with van der Waals surface area (Å²) in [6, 6.07) is 7.35. The predicted octanol–water partition coefficient (Wildman–Crippen LogP) is 2.48. The summed E-state index contributed by atoms with van der Waals surface area (Å²) in [5.74, 6) is 0.591. The van der Waals surface area contributed by atoms with Gasteiger partial charge in [-0.15, -0.1) is 21.5 Å². The molecule has 122 valence electrons. The number of carbonyl (C=O) groups is 1. The molecule has 4 heterocycles. The van der Waals surface area contributed by atoms with Crippen LogP contribution in [-0.2, 0) is 7.05 Å². The van der Waals surface area contributed by atoms with Crippen LogP contribution in [0.4, 0.5) is 0 Å². The van der Waals surface area contributed by atoms with Crippen molar-refractivity contribution in [2.24, 2.45) is 7.05 Å². The molecule has 0 bridgehead atoms. The second kappa shape index (κ2) is 5.41. The van der Waals surface area contributed by atoms with E-state index < -0.39 is 0 Å². The fourth-order valence-electron chi connectivity index (χ4n) is 2.80. The lowest BCUT2D eigenvalue weighted by Crippen LogP contribution is -2.27. The van der Waals surface area contributed by atoms with Crippen molar-refractivity contribution in [2.75, 3.05) is 0 Å². The summed E-state index contributed by atoms with van der Waals surface area (Å²) in [7, 11) is 1.89. The third-order valence-electron chi connectivity index (χ3n) is 3.99. The molecule has 4 aromatic rings. The van der Waals surface area contributed by atoms with E-state index in [1.165, 1.54) is 11.3 Å². The van der Waals surface area contributed by atoms with Crippen molar-refractivity contribution in [1.29, 1.82) is 0 Å². The van der Waals surface area contributed by atoms with Crippen LogP contribution in [0.15, 0.2) is 30.5 Å². The molecule has 4 aromatic heterocycles. The standard InChI is InChI=1S/C16H16N6OS/c1-9-11-8-12(24-16(11)21(3)20-9)15(23)17-10(2)14-19-18-13-6-4-5-7-22(13)14/h4-8,10H,1-3H3,(H,17,23). The van der Waals surface area contributed by atoms with E-state index in [1.807, 2.05) is 60.4 Å². The largest absolute Gasteiger partial charge is 0.342 e. The highest BCUT2D eigenvalue weighted by Crippen LogP contribution is 2.28. The monoisotopic (exact) mass is 340 g/mol. The van der Waals surface area contributed by atoms with E-state index in [1.54, 1.807) is 0 Å². The van der Waals surface area contributed by atoms with Gasteiger partial charge in [-0.1, -0.05) is 6.07 Å². The summed E-state index contributed by atoms with van der Waals surface area (Å²) in [6.45, 7) is 3.85. The lowest BCUT2D eigenvalue weighted by Gasteiger charge is -2.11. The topological polar surface area (TPSA) is 77.1 Å². The predicted molar refractivity (Wildman–Crippen MR) is 92.2 cm³/mol. The first-order valence-electron chi connectivity index (χ1n) is 7.58. The summed E-state index contributed by atoms with van der Waals surface area (Å²) < 4.78 is 3.69. The smallest absolute Gasteiger partial charge is 0.262 e. The molecule has 1 atom stereocenters. The van der Waals surface area contributed by atoms with Crippen molar-refractivity contribution in [3.63, 3.8) is 0 Å². The Balaban J connectivity index is 1.61. The number of fused-ring (bicyclic) bond motifs is 2. The minimum absolute atomic E-state index is 0.115. The van der Waals surface area contributed by atoms with Gasteiger partial charge in [0.05, 0.1) is 16.6 Å². The van der Waals surface area contributed by atoms with E-state index in [2.05, 4.69) is 20.6 Å². The first-order chi connectivity index (χ1) is 11.5. The summed E-state index contributed by atoms with van der Waals surface area (Å²) >= 11 is 1.44. The van der Waals surface area contributed by atoms with Gasteiger partial charge < -0.3 is 5.32 Å². The third-order valence-corrected chi connectivity index (χ3v) is 5.20. The molecule has 1 N–H and O–H groups in total. The Morgan fingerprint density at radius 3 is 2.96 bits per heavy atom. The van der Waals surface area contributed by atoms with Gasteiger partial charge in [-0.25, -0.2) is 0 Å². The molecule has 0 fully saturated rings. The van der Waals surface area contributed by atoms with Crippen LogP contribution < -0.4 is 5.32 Å². The van der Waals surface area contributed by atoms with Crippen LogP contribution in [0.25, 0.3) is 15.9 Å². The lowest BCUT2D eigenvalue weighted by atomic mass is 10.2. The van der Waals surface area contributed by atoms with Crippen LogP contribution in [-0.4, -0.2) is 30.3 Å². The summed E-state index contributed by atoms with van der Waals surface area (Å²) in [5.41, 5.74) is 1.69. The molecule has 0 spiro atoms. The summed E-state index contributed by atoms with van der Waals surface area (Å²) in [5, 5.41) is 16.7. The highest BCUT2D eigenvalue weighted by Gasteiger charge is 2.19. The number of carbonyl (C=O) groups excluding carboxylic acids is 1. The van der Waals surface area contributed by atoms with Crippen molar-refractivity contribution in [3.8, 4) is 0 Å². The molecule has 0 aromatic carbocycles. The van der Waals surface area contributed by atoms with Gasteiger partial charge in [-0.05, 0) is 32.0 Å². The van der Waals surface area contributed by atoms with Gasteiger partial charge in [-0.3, -0.25) is 13.9 Å². The molecule has 1 unspecified atom stereocenters. The Labute approximate surface area is 141 Å². The first-order valence-corrected chi connectivity index (χ1v) is 8.40. The maximum Gasteiger partial charge on any atom is 0.262 e. The zero-order valence-corrected chi connectivity index (χ0v) is 14.3. The average Bonchev–Trinajstić information content (AvgIpc) is 3.24. The molecule has 4 rings (SSSR count). The first kappa shape index (κ1) is 14.8. The van der Waals surface area contributed by atoms with Crippen LogP contribution in [0.3, 0.4) is 0 Å². The second-order valence-corrected chi connectivity index (χ2v) is 6.75. The Hall–Kier alpha value is -2.74. The second-order valence-electron chi connectivity index (χ2n) is 5.72. The number of pyridine rings is 1. The number of hydrogen-bond acceptors (Lipinski definition) is 5. The van der Waals surface area contributed by atoms with E-state index in [4.69, 9.17) is 0 Å². The number of thiophene rings is 1. The van der Waals surface area contributed by atoms with Gasteiger partial charge in [0, 0.05) is 18.6 Å². The molecular weight excluding hydrogens is 324 g/mol. The molecule has 24 heavy (non-hydrogen) atoms. The zero-order valence-electron chi connectivity index (χ0n) is 13.5. The van der Waals surface area contributed by atoms with Gasteiger partial charge in [0.25, 0.3) is 5.91 Å². The van der Waals surface area contributed by atoms with Gasteiger partial charge in [0.15, 0.2) is 11.5 Å². The number of hydrogen-bond donors (Lipinski definition) is 1.